The van der Waals surface area contributed by atoms with Crippen molar-refractivity contribution in [1.82, 2.24) is 9.97 Å². The molecule has 0 spiro atoms. The van der Waals surface area contributed by atoms with Gasteiger partial charge < -0.3 is 4.90 Å². The number of anilines is 1. The van der Waals surface area contributed by atoms with E-state index in [1.807, 2.05) is 0 Å². The van der Waals surface area contributed by atoms with E-state index >= 15 is 0 Å². The highest BCUT2D eigenvalue weighted by Crippen LogP contribution is 2.32. The number of fused-ring (bicyclic) bond motifs is 1. The number of hydrogen-bond acceptors (Lipinski definition) is 4. The molecule has 0 radical (unpaired) electrons. The molecule has 3 nitrogen and oxygen atoms in total. The van der Waals surface area contributed by atoms with Gasteiger partial charge in [0.05, 0.1) is 10.4 Å². The number of thiophene rings is 1. The summed E-state index contributed by atoms with van der Waals surface area (Å²) >= 11 is 1.70. The summed E-state index contributed by atoms with van der Waals surface area (Å²) in [6.07, 6.45) is 6.56. The van der Waals surface area contributed by atoms with Crippen LogP contribution in [0.25, 0.3) is 21.6 Å². The maximum atomic E-state index is 4.94. The number of nitrogens with zero attached hydrogens (tertiary/aromatic N) is 3. The van der Waals surface area contributed by atoms with Crippen molar-refractivity contribution in [3.63, 3.8) is 0 Å². The molecule has 4 heteroatoms. The van der Waals surface area contributed by atoms with E-state index in [1.54, 1.807) is 11.3 Å². The lowest BCUT2D eigenvalue weighted by Gasteiger charge is -2.32. The Kier molecular flexibility index (Phi) is 4.00. The first-order chi connectivity index (χ1) is 11.3. The van der Waals surface area contributed by atoms with Gasteiger partial charge in [-0.15, -0.1) is 11.3 Å². The summed E-state index contributed by atoms with van der Waals surface area (Å²) in [5.41, 5.74) is 1.03. The zero-order chi connectivity index (χ0) is 15.6. The summed E-state index contributed by atoms with van der Waals surface area (Å²) in [5.74, 6) is 1.92. The van der Waals surface area contributed by atoms with E-state index in [1.165, 1.54) is 32.1 Å². The molecule has 1 aromatic carbocycles. The fourth-order valence-electron chi connectivity index (χ4n) is 3.49. The van der Waals surface area contributed by atoms with Gasteiger partial charge in [-0.05, 0) is 36.4 Å². The molecular formula is C19H21N3S. The van der Waals surface area contributed by atoms with Crippen LogP contribution in [0.5, 0.6) is 0 Å². The van der Waals surface area contributed by atoms with Crippen LogP contribution in [-0.4, -0.2) is 23.1 Å². The molecule has 0 atom stereocenters. The Labute approximate surface area is 141 Å². The third kappa shape index (κ3) is 2.83. The lowest BCUT2D eigenvalue weighted by Crippen LogP contribution is -2.34. The van der Waals surface area contributed by atoms with E-state index in [4.69, 9.17) is 9.97 Å². The van der Waals surface area contributed by atoms with Crippen LogP contribution < -0.4 is 4.90 Å². The van der Waals surface area contributed by atoms with Gasteiger partial charge in [-0.1, -0.05) is 37.5 Å². The minimum atomic E-state index is 0.596. The molecular weight excluding hydrogens is 302 g/mol. The van der Waals surface area contributed by atoms with Crippen molar-refractivity contribution in [3.8, 4) is 10.7 Å². The van der Waals surface area contributed by atoms with Crippen LogP contribution in [0.1, 0.15) is 32.1 Å². The second-order valence-electron chi connectivity index (χ2n) is 6.27. The van der Waals surface area contributed by atoms with Crippen molar-refractivity contribution in [3.05, 3.63) is 41.8 Å². The Hall–Kier alpha value is -1.94. The first-order valence-electron chi connectivity index (χ1n) is 8.36. The van der Waals surface area contributed by atoms with E-state index in [0.717, 1.165) is 27.4 Å². The van der Waals surface area contributed by atoms with E-state index < -0.39 is 0 Å². The predicted octanol–water partition coefficient (Wildman–Crippen LogP) is 5.13. The van der Waals surface area contributed by atoms with Gasteiger partial charge in [-0.25, -0.2) is 9.97 Å². The van der Waals surface area contributed by atoms with Gasteiger partial charge in [-0.2, -0.15) is 0 Å². The minimum absolute atomic E-state index is 0.596. The number of para-hydroxylation sites is 1. The highest BCUT2D eigenvalue weighted by Gasteiger charge is 2.22. The van der Waals surface area contributed by atoms with Gasteiger partial charge in [0.25, 0.3) is 0 Å². The first-order valence-corrected chi connectivity index (χ1v) is 9.24. The fourth-order valence-corrected chi connectivity index (χ4v) is 4.14. The Bertz CT molecular complexity index is 791. The number of aromatic nitrogens is 2. The van der Waals surface area contributed by atoms with Gasteiger partial charge in [0, 0.05) is 18.5 Å². The average Bonchev–Trinajstić information content (AvgIpc) is 3.15. The van der Waals surface area contributed by atoms with Gasteiger partial charge in [-0.3, -0.25) is 0 Å². The third-order valence-corrected chi connectivity index (χ3v) is 5.65. The molecule has 0 N–H and O–H groups in total. The topological polar surface area (TPSA) is 29.0 Å². The molecule has 0 bridgehead atoms. The van der Waals surface area contributed by atoms with E-state index in [0.29, 0.717) is 6.04 Å². The molecule has 0 saturated heterocycles. The van der Waals surface area contributed by atoms with Gasteiger partial charge >= 0.3 is 0 Å². The molecule has 1 saturated carbocycles. The second kappa shape index (κ2) is 6.28. The summed E-state index contributed by atoms with van der Waals surface area (Å²) in [6, 6.07) is 13.1. The van der Waals surface area contributed by atoms with Crippen molar-refractivity contribution in [1.29, 1.82) is 0 Å². The average molecular weight is 323 g/mol. The summed E-state index contributed by atoms with van der Waals surface area (Å²) < 4.78 is 0. The van der Waals surface area contributed by atoms with Crippen LogP contribution in [0.4, 0.5) is 5.82 Å². The highest BCUT2D eigenvalue weighted by molar-refractivity contribution is 7.13. The maximum Gasteiger partial charge on any atom is 0.172 e. The molecule has 1 aliphatic carbocycles. The van der Waals surface area contributed by atoms with Gasteiger partial charge in [0.2, 0.25) is 0 Å². The van der Waals surface area contributed by atoms with Crippen LogP contribution in [-0.2, 0) is 0 Å². The monoisotopic (exact) mass is 323 g/mol. The molecule has 0 aliphatic heterocycles. The molecule has 0 amide bonds. The normalized spacial score (nSPS) is 15.9. The molecule has 1 aliphatic rings. The minimum Gasteiger partial charge on any atom is -0.356 e. The predicted molar refractivity (Wildman–Crippen MR) is 98.1 cm³/mol. The van der Waals surface area contributed by atoms with E-state index in [2.05, 4.69) is 53.7 Å². The summed E-state index contributed by atoms with van der Waals surface area (Å²) in [5, 5.41) is 3.24. The first kappa shape index (κ1) is 14.6. The molecule has 4 rings (SSSR count). The molecule has 0 unspecified atom stereocenters. The SMILES string of the molecule is CN(c1nc(-c2cccs2)nc2ccccc12)C1CCCCC1. The van der Waals surface area contributed by atoms with Crippen molar-refractivity contribution in [2.75, 3.05) is 11.9 Å². The van der Waals surface area contributed by atoms with Crippen LogP contribution in [0.3, 0.4) is 0 Å². The Balaban J connectivity index is 1.83. The van der Waals surface area contributed by atoms with Crippen LogP contribution >= 0.6 is 11.3 Å². The molecule has 118 valence electrons. The Morgan fingerprint density at radius 3 is 2.61 bits per heavy atom. The fraction of sp³-hybridized carbons (Fsp3) is 0.368. The van der Waals surface area contributed by atoms with Crippen LogP contribution in [0.15, 0.2) is 41.8 Å². The summed E-state index contributed by atoms with van der Waals surface area (Å²) in [4.78, 5) is 13.2. The molecule has 1 fully saturated rings. The van der Waals surface area contributed by atoms with Gasteiger partial charge in [0.1, 0.15) is 5.82 Å². The Morgan fingerprint density at radius 2 is 1.83 bits per heavy atom. The maximum absolute atomic E-state index is 4.94. The number of hydrogen-bond donors (Lipinski definition) is 0. The second-order valence-corrected chi connectivity index (χ2v) is 7.22. The summed E-state index contributed by atoms with van der Waals surface area (Å²) in [7, 11) is 2.20. The zero-order valence-corrected chi connectivity index (χ0v) is 14.2. The zero-order valence-electron chi connectivity index (χ0n) is 13.4. The number of benzene rings is 1. The molecule has 3 aromatic rings. The standard InChI is InChI=1S/C19H21N3S/c1-22(14-8-3-2-4-9-14)19-15-10-5-6-11-16(15)20-18(21-19)17-12-7-13-23-17/h5-7,10-14H,2-4,8-9H2,1H3. The van der Waals surface area contributed by atoms with Crippen molar-refractivity contribution in [2.45, 2.75) is 38.1 Å². The van der Waals surface area contributed by atoms with E-state index in [9.17, 15) is 0 Å². The lowest BCUT2D eigenvalue weighted by atomic mass is 9.94. The third-order valence-electron chi connectivity index (χ3n) is 4.78. The summed E-state index contributed by atoms with van der Waals surface area (Å²) in [6.45, 7) is 0. The molecule has 2 heterocycles. The van der Waals surface area contributed by atoms with Crippen molar-refractivity contribution < 1.29 is 0 Å². The number of rotatable bonds is 3. The van der Waals surface area contributed by atoms with Crippen LogP contribution in [0, 0.1) is 0 Å². The van der Waals surface area contributed by atoms with Crippen molar-refractivity contribution >= 4 is 28.1 Å². The Morgan fingerprint density at radius 1 is 1.00 bits per heavy atom. The molecule has 2 aromatic heterocycles. The quantitative estimate of drug-likeness (QED) is 0.669. The largest absolute Gasteiger partial charge is 0.356 e. The molecule has 23 heavy (non-hydrogen) atoms. The van der Waals surface area contributed by atoms with Gasteiger partial charge in [0.15, 0.2) is 5.82 Å². The van der Waals surface area contributed by atoms with Crippen LogP contribution in [0.2, 0.25) is 0 Å². The highest BCUT2D eigenvalue weighted by atomic mass is 32.1. The van der Waals surface area contributed by atoms with E-state index in [-0.39, 0.29) is 0 Å². The lowest BCUT2D eigenvalue weighted by molar-refractivity contribution is 0.426. The smallest absolute Gasteiger partial charge is 0.172 e. The van der Waals surface area contributed by atoms with Crippen molar-refractivity contribution in [2.24, 2.45) is 0 Å².